The third kappa shape index (κ3) is 7.42. The lowest BCUT2D eigenvalue weighted by molar-refractivity contribution is -0.146. The number of carbonyl (C=O) groups is 2. The van der Waals surface area contributed by atoms with Gasteiger partial charge in [0.2, 0.25) is 0 Å². The van der Waals surface area contributed by atoms with Gasteiger partial charge < -0.3 is 9.47 Å². The minimum absolute atomic E-state index is 0.188. The Hall–Kier alpha value is -1.94. The third-order valence-electron chi connectivity index (χ3n) is 2.79. The minimum atomic E-state index is -0.519. The van der Waals surface area contributed by atoms with E-state index in [-0.39, 0.29) is 18.8 Å². The summed E-state index contributed by atoms with van der Waals surface area (Å²) in [6, 6.07) is 7.73. The number of ether oxygens (including phenoxy) is 2. The number of hydrogen-bond acceptors (Lipinski definition) is 4. The lowest BCUT2D eigenvalue weighted by atomic mass is 10.1. The summed E-state index contributed by atoms with van der Waals surface area (Å²) in [5.41, 5.74) is 2.05. The van der Waals surface area contributed by atoms with Crippen molar-refractivity contribution >= 4 is 17.8 Å². The lowest BCUT2D eigenvalue weighted by Gasteiger charge is -2.04. The van der Waals surface area contributed by atoms with Crippen molar-refractivity contribution < 1.29 is 19.1 Å². The molecule has 0 saturated heterocycles. The van der Waals surface area contributed by atoms with Crippen LogP contribution in [0.1, 0.15) is 30.9 Å². The topological polar surface area (TPSA) is 52.6 Å². The molecule has 4 heteroatoms. The molecule has 21 heavy (non-hydrogen) atoms. The first kappa shape index (κ1) is 17.1. The molecule has 0 atom stereocenters. The summed E-state index contributed by atoms with van der Waals surface area (Å²) in [5, 5.41) is 0. The molecule has 0 spiro atoms. The van der Waals surface area contributed by atoms with Crippen molar-refractivity contribution in [1.29, 1.82) is 0 Å². The lowest BCUT2D eigenvalue weighted by Crippen LogP contribution is -2.13. The number of rotatable bonds is 9. The molecule has 0 heterocycles. The minimum Gasteiger partial charge on any atom is -0.463 e. The number of ketones is 1. The zero-order valence-electron chi connectivity index (χ0n) is 12.6. The maximum atomic E-state index is 11.7. The van der Waals surface area contributed by atoms with Gasteiger partial charge in [0.25, 0.3) is 0 Å². The van der Waals surface area contributed by atoms with Crippen LogP contribution in [0.3, 0.4) is 0 Å². The van der Waals surface area contributed by atoms with Crippen molar-refractivity contribution in [1.82, 2.24) is 0 Å². The van der Waals surface area contributed by atoms with Crippen molar-refractivity contribution in [3.8, 4) is 0 Å². The van der Waals surface area contributed by atoms with Crippen LogP contribution in [0.4, 0.5) is 0 Å². The number of carbonyl (C=O) groups excluding carboxylic acids is 2. The molecule has 1 aromatic carbocycles. The number of hydrogen-bond donors (Lipinski definition) is 0. The Morgan fingerprint density at radius 3 is 2.62 bits per heavy atom. The first-order chi connectivity index (χ1) is 10.1. The van der Waals surface area contributed by atoms with E-state index < -0.39 is 5.97 Å². The Labute approximate surface area is 125 Å². The van der Waals surface area contributed by atoms with E-state index in [1.54, 1.807) is 6.08 Å². The number of aryl methyl sites for hydroxylation is 1. The van der Waals surface area contributed by atoms with E-state index in [9.17, 15) is 9.59 Å². The predicted octanol–water partition coefficient (Wildman–Crippen LogP) is 2.94. The molecule has 1 rings (SSSR count). The Balaban J connectivity index is 2.30. The molecule has 0 saturated carbocycles. The quantitative estimate of drug-likeness (QED) is 0.304. The van der Waals surface area contributed by atoms with Crippen molar-refractivity contribution in [3.63, 3.8) is 0 Å². The van der Waals surface area contributed by atoms with Gasteiger partial charge in [0.15, 0.2) is 5.78 Å². The molecule has 0 amide bonds. The number of allylic oxidation sites excluding steroid dienone is 1. The maximum Gasteiger partial charge on any atom is 0.313 e. The Morgan fingerprint density at radius 1 is 1.14 bits per heavy atom. The fraction of sp³-hybridized carbons (Fsp3) is 0.412. The van der Waals surface area contributed by atoms with Crippen molar-refractivity contribution in [3.05, 3.63) is 41.5 Å². The van der Waals surface area contributed by atoms with Crippen LogP contribution in [-0.2, 0) is 19.1 Å². The second-order valence-corrected chi connectivity index (χ2v) is 4.67. The van der Waals surface area contributed by atoms with Gasteiger partial charge in [-0.3, -0.25) is 9.59 Å². The molecule has 4 nitrogen and oxygen atoms in total. The second-order valence-electron chi connectivity index (χ2n) is 4.67. The van der Waals surface area contributed by atoms with Crippen LogP contribution in [0.2, 0.25) is 0 Å². The first-order valence-corrected chi connectivity index (χ1v) is 7.13. The number of benzene rings is 1. The molecule has 0 bridgehead atoms. The fourth-order valence-electron chi connectivity index (χ4n) is 1.67. The normalized spacial score (nSPS) is 10.8. The number of esters is 1. The highest BCUT2D eigenvalue weighted by Crippen LogP contribution is 2.09. The average molecular weight is 290 g/mol. The van der Waals surface area contributed by atoms with Crippen molar-refractivity contribution in [2.45, 2.75) is 26.7 Å². The summed E-state index contributed by atoms with van der Waals surface area (Å²) in [4.78, 5) is 23.1. The van der Waals surface area contributed by atoms with E-state index in [1.165, 1.54) is 6.08 Å². The van der Waals surface area contributed by atoms with Crippen LogP contribution < -0.4 is 0 Å². The molecule has 0 aromatic heterocycles. The van der Waals surface area contributed by atoms with Crippen LogP contribution in [0, 0.1) is 6.92 Å². The molecule has 0 fully saturated rings. The molecule has 0 aliphatic rings. The zero-order valence-corrected chi connectivity index (χ0v) is 12.6. The largest absolute Gasteiger partial charge is 0.463 e. The van der Waals surface area contributed by atoms with Crippen LogP contribution in [0.25, 0.3) is 6.08 Å². The molecule has 1 aromatic rings. The van der Waals surface area contributed by atoms with E-state index in [1.807, 2.05) is 38.1 Å². The van der Waals surface area contributed by atoms with Crippen LogP contribution in [-0.4, -0.2) is 31.6 Å². The standard InChI is InChI=1S/C17H22O4/c1-3-10-20-11-12-21-17(19)13-16(18)9-8-15-7-5-4-6-14(15)2/h4-9H,3,10-13H2,1-2H3. The van der Waals surface area contributed by atoms with Crippen molar-refractivity contribution in [2.24, 2.45) is 0 Å². The first-order valence-electron chi connectivity index (χ1n) is 7.13. The highest BCUT2D eigenvalue weighted by molar-refractivity contribution is 6.04. The SMILES string of the molecule is CCCOCCOC(=O)CC(=O)C=Cc1ccccc1C. The van der Waals surface area contributed by atoms with E-state index in [0.29, 0.717) is 13.2 Å². The van der Waals surface area contributed by atoms with Gasteiger partial charge >= 0.3 is 5.97 Å². The van der Waals surface area contributed by atoms with Gasteiger partial charge in [0.05, 0.1) is 6.61 Å². The summed E-state index contributed by atoms with van der Waals surface area (Å²) < 4.78 is 10.1. The Bertz CT molecular complexity index is 491. The molecular weight excluding hydrogens is 268 g/mol. The Kier molecular flexibility index (Phi) is 8.05. The van der Waals surface area contributed by atoms with Gasteiger partial charge in [0.1, 0.15) is 13.0 Å². The van der Waals surface area contributed by atoms with Crippen LogP contribution in [0.5, 0.6) is 0 Å². The molecule has 114 valence electrons. The molecule has 0 aliphatic heterocycles. The van der Waals surface area contributed by atoms with Gasteiger partial charge in [-0.25, -0.2) is 0 Å². The summed E-state index contributed by atoms with van der Waals surface area (Å²) in [6.07, 6.45) is 3.82. The average Bonchev–Trinajstić information content (AvgIpc) is 2.46. The van der Waals surface area contributed by atoms with E-state index in [4.69, 9.17) is 9.47 Å². The summed E-state index contributed by atoms with van der Waals surface area (Å²) in [5.74, 6) is -0.785. The molecule has 0 radical (unpaired) electrons. The molecule has 0 unspecified atom stereocenters. The van der Waals surface area contributed by atoms with Crippen LogP contribution >= 0.6 is 0 Å². The zero-order chi connectivity index (χ0) is 15.5. The van der Waals surface area contributed by atoms with Gasteiger partial charge in [0, 0.05) is 6.61 Å². The third-order valence-corrected chi connectivity index (χ3v) is 2.79. The van der Waals surface area contributed by atoms with E-state index in [2.05, 4.69) is 0 Å². The van der Waals surface area contributed by atoms with E-state index >= 15 is 0 Å². The monoisotopic (exact) mass is 290 g/mol. The fourth-order valence-corrected chi connectivity index (χ4v) is 1.67. The smallest absolute Gasteiger partial charge is 0.313 e. The predicted molar refractivity (Wildman–Crippen MR) is 81.9 cm³/mol. The van der Waals surface area contributed by atoms with Crippen LogP contribution in [0.15, 0.2) is 30.3 Å². The molecule has 0 aliphatic carbocycles. The summed E-state index contributed by atoms with van der Waals surface area (Å²) in [6.45, 7) is 5.18. The highest BCUT2D eigenvalue weighted by atomic mass is 16.6. The van der Waals surface area contributed by atoms with Gasteiger partial charge in [-0.15, -0.1) is 0 Å². The van der Waals surface area contributed by atoms with Crippen molar-refractivity contribution in [2.75, 3.05) is 19.8 Å². The maximum absolute atomic E-state index is 11.7. The van der Waals surface area contributed by atoms with Gasteiger partial charge in [-0.2, -0.15) is 0 Å². The van der Waals surface area contributed by atoms with E-state index in [0.717, 1.165) is 17.5 Å². The molecule has 0 N–H and O–H groups in total. The second kappa shape index (κ2) is 9.88. The summed E-state index contributed by atoms with van der Waals surface area (Å²) >= 11 is 0. The Morgan fingerprint density at radius 2 is 1.90 bits per heavy atom. The molecular formula is C17H22O4. The van der Waals surface area contributed by atoms with Gasteiger partial charge in [-0.1, -0.05) is 37.3 Å². The highest BCUT2D eigenvalue weighted by Gasteiger charge is 2.08. The van der Waals surface area contributed by atoms with Gasteiger partial charge in [-0.05, 0) is 30.5 Å². The summed E-state index contributed by atoms with van der Waals surface area (Å²) in [7, 11) is 0.